The molecule has 9 rings (SSSR count). The van der Waals surface area contributed by atoms with E-state index in [-0.39, 0.29) is 23.3 Å². The van der Waals surface area contributed by atoms with Gasteiger partial charge in [0.2, 0.25) is 0 Å². The van der Waals surface area contributed by atoms with Crippen LogP contribution in [-0.2, 0) is 0 Å². The zero-order valence-electron chi connectivity index (χ0n) is 26.5. The van der Waals surface area contributed by atoms with Crippen LogP contribution < -0.4 is 0 Å². The summed E-state index contributed by atoms with van der Waals surface area (Å²) in [5.41, 5.74) is 2.31. The van der Waals surface area contributed by atoms with Crippen molar-refractivity contribution < 1.29 is 6.85 Å². The zero-order valence-corrected chi connectivity index (χ0v) is 22.3. The molecule has 3 aromatic heterocycles. The number of hydrogen-bond acceptors (Lipinski definition) is 4. The molecular formula is C37H21N3S. The van der Waals surface area contributed by atoms with Crippen LogP contribution in [0.3, 0.4) is 0 Å². The van der Waals surface area contributed by atoms with Crippen LogP contribution in [0.2, 0.25) is 0 Å². The molecule has 0 atom stereocenters. The molecule has 0 spiro atoms. The van der Waals surface area contributed by atoms with Crippen LogP contribution in [0.5, 0.6) is 0 Å². The maximum atomic E-state index is 8.74. The molecule has 0 aliphatic heterocycles. The number of aromatic nitrogens is 3. The van der Waals surface area contributed by atoms with Crippen molar-refractivity contribution in [2.45, 2.75) is 0 Å². The number of hydrogen-bond donors (Lipinski definition) is 0. The molecule has 4 heteroatoms. The van der Waals surface area contributed by atoms with Gasteiger partial charge in [0.1, 0.15) is 5.69 Å². The minimum Gasteiger partial charge on any atom is -0.243 e. The molecule has 0 saturated heterocycles. The van der Waals surface area contributed by atoms with E-state index < -0.39 is 18.1 Å². The number of pyridine rings is 1. The molecule has 0 amide bonds. The van der Waals surface area contributed by atoms with Gasteiger partial charge in [-0.25, -0.2) is 15.0 Å². The van der Waals surface area contributed by atoms with Crippen molar-refractivity contribution in [2.24, 2.45) is 0 Å². The van der Waals surface area contributed by atoms with Crippen molar-refractivity contribution in [1.29, 1.82) is 0 Å². The molecule has 0 fully saturated rings. The minimum absolute atomic E-state index is 0.0353. The van der Waals surface area contributed by atoms with Gasteiger partial charge in [0, 0.05) is 47.3 Å². The van der Waals surface area contributed by atoms with Crippen molar-refractivity contribution in [3.8, 4) is 22.8 Å². The Morgan fingerprint density at radius 2 is 1.15 bits per heavy atom. The zero-order chi connectivity index (χ0) is 31.3. The van der Waals surface area contributed by atoms with E-state index in [1.165, 1.54) is 10.1 Å². The van der Waals surface area contributed by atoms with Crippen LogP contribution in [0, 0.1) is 0 Å². The monoisotopic (exact) mass is 544 g/mol. The first-order chi connectivity index (χ1) is 22.4. The van der Waals surface area contributed by atoms with E-state index in [4.69, 9.17) is 21.8 Å². The first kappa shape index (κ1) is 18.2. The highest BCUT2D eigenvalue weighted by molar-refractivity contribution is 7.27. The minimum atomic E-state index is -0.446. The molecule has 3 heterocycles. The Morgan fingerprint density at radius 1 is 0.512 bits per heavy atom. The molecule has 41 heavy (non-hydrogen) atoms. The topological polar surface area (TPSA) is 38.7 Å². The first-order valence-electron chi connectivity index (χ1n) is 15.8. The third-order valence-electron chi connectivity index (χ3n) is 7.74. The standard InChI is InChI=1S/C37H21N3S/c1-2-12-22(13-3-1)33-27-18-8-10-20-29(27)38-37(40-33)34-25-16-6-4-14-23(25)31-24-15-5-7-17-26(24)36-32(35(31)39-34)28-19-9-11-21-30(28)41-36/h1-21H/i1D,2D,3D,12D,13D. The lowest BCUT2D eigenvalue weighted by atomic mass is 9.95. The van der Waals surface area contributed by atoms with E-state index in [0.717, 1.165) is 42.5 Å². The van der Waals surface area contributed by atoms with Crippen molar-refractivity contribution in [1.82, 2.24) is 15.0 Å². The fourth-order valence-electron chi connectivity index (χ4n) is 6.00. The number of thiophene rings is 1. The number of fused-ring (bicyclic) bond motifs is 11. The molecule has 0 N–H and O–H groups in total. The van der Waals surface area contributed by atoms with Crippen molar-refractivity contribution >= 4 is 74.9 Å². The van der Waals surface area contributed by atoms with Gasteiger partial charge < -0.3 is 0 Å². The Balaban J connectivity index is 1.48. The van der Waals surface area contributed by atoms with Gasteiger partial charge in [-0.2, -0.15) is 0 Å². The van der Waals surface area contributed by atoms with Crippen LogP contribution in [0.25, 0.3) is 86.3 Å². The molecule has 0 saturated carbocycles. The van der Waals surface area contributed by atoms with E-state index in [0.29, 0.717) is 22.4 Å². The molecule has 0 aliphatic carbocycles. The largest absolute Gasteiger partial charge is 0.243 e. The fourth-order valence-corrected chi connectivity index (χ4v) is 7.24. The van der Waals surface area contributed by atoms with Gasteiger partial charge in [0.25, 0.3) is 0 Å². The SMILES string of the molecule is [2H]c1c([2H])c([2H])c(-c2nc(-c3nc4c(c5ccccc35)c3ccccc3c3sc5ccccc5c43)nc3ccccc23)c([2H])c1[2H]. The third kappa shape index (κ3) is 3.28. The lowest BCUT2D eigenvalue weighted by Crippen LogP contribution is -1.99. The highest BCUT2D eigenvalue weighted by Gasteiger charge is 2.21. The summed E-state index contributed by atoms with van der Waals surface area (Å²) in [4.78, 5) is 15.4. The first-order valence-corrected chi connectivity index (χ1v) is 14.1. The predicted octanol–water partition coefficient (Wildman–Crippen LogP) is 10.2. The van der Waals surface area contributed by atoms with Crippen LogP contribution in [0.4, 0.5) is 0 Å². The van der Waals surface area contributed by atoms with Gasteiger partial charge in [0.05, 0.1) is 23.6 Å². The molecular weight excluding hydrogens is 518 g/mol. The molecule has 0 radical (unpaired) electrons. The maximum absolute atomic E-state index is 8.74. The van der Waals surface area contributed by atoms with Crippen LogP contribution in [-0.4, -0.2) is 15.0 Å². The number of rotatable bonds is 2. The predicted molar refractivity (Wildman–Crippen MR) is 174 cm³/mol. The second-order valence-corrected chi connectivity index (χ2v) is 11.0. The lowest BCUT2D eigenvalue weighted by molar-refractivity contribution is 1.20. The quantitative estimate of drug-likeness (QED) is 0.203. The average molecular weight is 545 g/mol. The van der Waals surface area contributed by atoms with E-state index in [1.807, 2.05) is 42.5 Å². The normalized spacial score (nSPS) is 13.6. The summed E-state index contributed by atoms with van der Waals surface area (Å²) in [6.45, 7) is 0. The molecule has 9 aromatic rings. The van der Waals surface area contributed by atoms with Gasteiger partial charge in [-0.1, -0.05) is 115 Å². The third-order valence-corrected chi connectivity index (χ3v) is 8.94. The van der Waals surface area contributed by atoms with E-state index in [9.17, 15) is 0 Å². The molecule has 6 aromatic carbocycles. The summed E-state index contributed by atoms with van der Waals surface area (Å²) in [6, 6.07) is 30.4. The van der Waals surface area contributed by atoms with E-state index >= 15 is 0 Å². The lowest BCUT2D eigenvalue weighted by Gasteiger charge is -2.14. The smallest absolute Gasteiger partial charge is 0.179 e. The molecule has 0 unspecified atom stereocenters. The van der Waals surface area contributed by atoms with Crippen molar-refractivity contribution in [2.75, 3.05) is 0 Å². The Labute approximate surface area is 246 Å². The van der Waals surface area contributed by atoms with E-state index in [2.05, 4.69) is 54.6 Å². The van der Waals surface area contributed by atoms with Crippen molar-refractivity contribution in [3.05, 3.63) is 127 Å². The highest BCUT2D eigenvalue weighted by Crippen LogP contribution is 2.46. The summed E-state index contributed by atoms with van der Waals surface area (Å²) in [5.74, 6) is 0.319. The molecule has 0 bridgehead atoms. The molecule has 190 valence electrons. The molecule has 3 nitrogen and oxygen atoms in total. The number of nitrogens with zero attached hydrogens (tertiary/aromatic N) is 3. The number of para-hydroxylation sites is 1. The van der Waals surface area contributed by atoms with Crippen molar-refractivity contribution in [3.63, 3.8) is 0 Å². The second-order valence-electron chi connectivity index (χ2n) is 9.99. The van der Waals surface area contributed by atoms with Gasteiger partial charge in [-0.05, 0) is 22.9 Å². The summed E-state index contributed by atoms with van der Waals surface area (Å²) in [7, 11) is 0. The number of benzene rings is 6. The van der Waals surface area contributed by atoms with Crippen LogP contribution in [0.15, 0.2) is 127 Å². The summed E-state index contributed by atoms with van der Waals surface area (Å²) >= 11 is 1.76. The Kier molecular flexibility index (Phi) is 3.84. The van der Waals surface area contributed by atoms with E-state index in [1.54, 1.807) is 11.3 Å². The second kappa shape index (κ2) is 8.65. The average Bonchev–Trinajstić information content (AvgIpc) is 3.49. The molecule has 0 aliphatic rings. The Hall–Kier alpha value is -5.19. The summed E-state index contributed by atoms with van der Waals surface area (Å²) in [6.07, 6.45) is 0. The fraction of sp³-hybridized carbons (Fsp3) is 0. The van der Waals surface area contributed by atoms with Crippen LogP contribution in [0.1, 0.15) is 6.85 Å². The summed E-state index contributed by atoms with van der Waals surface area (Å²) in [5, 5.41) is 8.02. The maximum Gasteiger partial charge on any atom is 0.179 e. The van der Waals surface area contributed by atoms with Gasteiger partial charge >= 0.3 is 0 Å². The Bertz CT molecular complexity index is 2750. The van der Waals surface area contributed by atoms with Gasteiger partial charge in [-0.3, -0.25) is 0 Å². The Morgan fingerprint density at radius 3 is 1.95 bits per heavy atom. The van der Waals surface area contributed by atoms with Gasteiger partial charge in [-0.15, -0.1) is 11.3 Å². The summed E-state index contributed by atoms with van der Waals surface area (Å²) < 4.78 is 44.6. The highest BCUT2D eigenvalue weighted by atomic mass is 32.1. The van der Waals surface area contributed by atoms with Crippen LogP contribution >= 0.6 is 11.3 Å². The van der Waals surface area contributed by atoms with Gasteiger partial charge in [0.15, 0.2) is 5.82 Å².